The lowest BCUT2D eigenvalue weighted by atomic mass is 9.93. The number of carbonyl (C=O) groups is 1. The summed E-state index contributed by atoms with van der Waals surface area (Å²) in [4.78, 5) is 33.9. The third-order valence-corrected chi connectivity index (χ3v) is 8.24. The zero-order valence-corrected chi connectivity index (χ0v) is 24.7. The number of rotatable bonds is 8. The van der Waals surface area contributed by atoms with Crippen LogP contribution < -0.4 is 9.64 Å². The Morgan fingerprint density at radius 1 is 0.976 bits per heavy atom. The molecule has 12 heteroatoms. The average molecular weight is 609 g/mol. The molecule has 1 N–H and O–H groups in total. The van der Waals surface area contributed by atoms with Crippen LogP contribution in [-0.2, 0) is 24.4 Å². The van der Waals surface area contributed by atoms with Gasteiger partial charge in [-0.25, -0.2) is 19.9 Å². The van der Waals surface area contributed by atoms with E-state index in [9.17, 15) is 4.79 Å². The number of aryl methyl sites for hydroxylation is 1. The van der Waals surface area contributed by atoms with Crippen molar-refractivity contribution >= 4 is 35.1 Å². The van der Waals surface area contributed by atoms with E-state index >= 15 is 0 Å². The summed E-state index contributed by atoms with van der Waals surface area (Å²) in [6, 6.07) is 9.27. The molecule has 42 heavy (non-hydrogen) atoms. The molecule has 1 saturated heterocycles. The van der Waals surface area contributed by atoms with E-state index in [1.165, 1.54) is 0 Å². The summed E-state index contributed by atoms with van der Waals surface area (Å²) in [5.41, 5.74) is 3.62. The van der Waals surface area contributed by atoms with E-state index in [-0.39, 0.29) is 12.3 Å². The number of benzene rings is 1. The number of fused-ring (bicyclic) bond motifs is 1. The molecule has 1 aromatic carbocycles. The Balaban J connectivity index is 1.20. The first-order chi connectivity index (χ1) is 20.3. The number of nitrogens with zero attached hydrogens (tertiary/aromatic N) is 7. The van der Waals surface area contributed by atoms with Crippen molar-refractivity contribution in [1.82, 2.24) is 29.4 Å². The van der Waals surface area contributed by atoms with Crippen molar-refractivity contribution in [2.24, 2.45) is 5.92 Å². The summed E-state index contributed by atoms with van der Waals surface area (Å²) >= 11 is 12.6. The monoisotopic (exact) mass is 607 g/mol. The number of aromatic nitrogens is 5. The number of carboxylic acids is 1. The Kier molecular flexibility index (Phi) is 8.28. The van der Waals surface area contributed by atoms with Crippen LogP contribution in [0, 0.1) is 12.8 Å². The van der Waals surface area contributed by atoms with Crippen molar-refractivity contribution in [3.05, 3.63) is 76.0 Å². The van der Waals surface area contributed by atoms with Gasteiger partial charge in [0.15, 0.2) is 5.75 Å². The number of pyridine rings is 1. The fourth-order valence-electron chi connectivity index (χ4n) is 5.67. The summed E-state index contributed by atoms with van der Waals surface area (Å²) in [6.07, 6.45) is 7.18. The second-order valence-corrected chi connectivity index (χ2v) is 11.7. The molecule has 0 unspecified atom stereocenters. The number of anilines is 1. The lowest BCUT2D eigenvalue weighted by molar-refractivity contribution is -0.138. The van der Waals surface area contributed by atoms with Gasteiger partial charge in [0.2, 0.25) is 11.8 Å². The normalized spacial score (nSPS) is 15.9. The van der Waals surface area contributed by atoms with Gasteiger partial charge in [-0.2, -0.15) is 0 Å². The van der Waals surface area contributed by atoms with Crippen molar-refractivity contribution in [3.8, 4) is 22.9 Å². The Labute approximate surface area is 253 Å². The molecule has 2 aliphatic rings. The number of likely N-dealkylation sites (tertiary alicyclic amines) is 1. The fraction of sp³-hybridized carbons (Fsp3) is 0.367. The number of aliphatic carboxylic acids is 1. The van der Waals surface area contributed by atoms with Crippen molar-refractivity contribution in [3.63, 3.8) is 0 Å². The highest BCUT2D eigenvalue weighted by Crippen LogP contribution is 2.31. The smallest absolute Gasteiger partial charge is 0.303 e. The summed E-state index contributed by atoms with van der Waals surface area (Å²) in [6.45, 7) is 6.70. The molecule has 2 aliphatic heterocycles. The van der Waals surface area contributed by atoms with Crippen LogP contribution in [0.1, 0.15) is 36.3 Å². The van der Waals surface area contributed by atoms with Gasteiger partial charge >= 0.3 is 5.97 Å². The largest absolute Gasteiger partial charge is 0.481 e. The minimum absolute atomic E-state index is 0.221. The van der Waals surface area contributed by atoms with Crippen LogP contribution in [0.2, 0.25) is 10.0 Å². The van der Waals surface area contributed by atoms with Gasteiger partial charge in [0.05, 0.1) is 36.5 Å². The molecule has 6 rings (SSSR count). The number of piperidine rings is 1. The number of carboxylic acid groups (broad SMARTS) is 1. The summed E-state index contributed by atoms with van der Waals surface area (Å²) in [5, 5.41) is 10.2. The molecule has 0 radical (unpaired) electrons. The lowest BCUT2D eigenvalue weighted by Crippen LogP contribution is -2.34. The highest BCUT2D eigenvalue weighted by molar-refractivity contribution is 6.35. The van der Waals surface area contributed by atoms with Gasteiger partial charge in [0.25, 0.3) is 0 Å². The first-order valence-electron chi connectivity index (χ1n) is 14.0. The molecule has 0 saturated carbocycles. The van der Waals surface area contributed by atoms with E-state index in [0.29, 0.717) is 46.4 Å². The quantitative estimate of drug-likeness (QED) is 0.264. The van der Waals surface area contributed by atoms with Crippen LogP contribution >= 0.6 is 23.2 Å². The first-order valence-corrected chi connectivity index (χ1v) is 14.7. The number of ether oxygens (including phenoxy) is 1. The zero-order valence-electron chi connectivity index (χ0n) is 23.2. The molecule has 218 valence electrons. The SMILES string of the molecule is Cc1ncc2n1CCN(c1ncc(Oc3cc(CN4CCC(CC(=O)O)CC4)cc(-c4cc(Cl)cc(Cl)c4)n3)cn1)C2. The first kappa shape index (κ1) is 28.4. The predicted molar refractivity (Wildman–Crippen MR) is 160 cm³/mol. The van der Waals surface area contributed by atoms with Gasteiger partial charge in [0.1, 0.15) is 5.82 Å². The van der Waals surface area contributed by atoms with Gasteiger partial charge in [-0.1, -0.05) is 23.2 Å². The molecule has 4 aromatic rings. The van der Waals surface area contributed by atoms with E-state index < -0.39 is 5.97 Å². The van der Waals surface area contributed by atoms with Gasteiger partial charge in [-0.05, 0) is 68.6 Å². The average Bonchev–Trinajstić information content (AvgIpc) is 3.33. The van der Waals surface area contributed by atoms with Crippen molar-refractivity contribution in [2.75, 3.05) is 24.5 Å². The minimum atomic E-state index is -0.732. The Bertz CT molecular complexity index is 1570. The van der Waals surface area contributed by atoms with E-state index in [1.54, 1.807) is 18.5 Å². The summed E-state index contributed by atoms with van der Waals surface area (Å²) in [5.74, 6) is 2.03. The summed E-state index contributed by atoms with van der Waals surface area (Å²) in [7, 11) is 0. The Morgan fingerprint density at radius 3 is 2.43 bits per heavy atom. The van der Waals surface area contributed by atoms with Crippen LogP contribution in [0.3, 0.4) is 0 Å². The molecule has 10 nitrogen and oxygen atoms in total. The number of imidazole rings is 1. The molecular formula is C30H31Cl2N7O3. The van der Waals surface area contributed by atoms with E-state index in [1.807, 2.05) is 37.4 Å². The molecule has 1 fully saturated rings. The highest BCUT2D eigenvalue weighted by Gasteiger charge is 2.23. The third kappa shape index (κ3) is 6.67. The van der Waals surface area contributed by atoms with Gasteiger partial charge in [-0.3, -0.25) is 9.69 Å². The Hall–Kier alpha value is -3.73. The standard InChI is InChI=1S/C30H31Cl2N7O3/c1-19-33-14-25-18-38(6-7-39(19)25)30-34-15-26(16-35-30)42-28-9-21(17-37-4-2-20(3-5-37)10-29(40)41)8-27(36-28)22-11-23(31)13-24(32)12-22/h8-9,11-16,20H,2-7,10,17-18H2,1H3,(H,40,41). The maximum Gasteiger partial charge on any atom is 0.303 e. The maximum atomic E-state index is 11.1. The molecular weight excluding hydrogens is 577 g/mol. The van der Waals surface area contributed by atoms with Crippen LogP contribution in [0.4, 0.5) is 5.95 Å². The van der Waals surface area contributed by atoms with E-state index in [4.69, 9.17) is 38.0 Å². The summed E-state index contributed by atoms with van der Waals surface area (Å²) < 4.78 is 8.39. The van der Waals surface area contributed by atoms with E-state index in [2.05, 4.69) is 29.3 Å². The third-order valence-electron chi connectivity index (χ3n) is 7.80. The zero-order chi connectivity index (χ0) is 29.2. The fourth-order valence-corrected chi connectivity index (χ4v) is 6.19. The number of hydrogen-bond donors (Lipinski definition) is 1. The van der Waals surface area contributed by atoms with Crippen LogP contribution in [0.25, 0.3) is 11.3 Å². The van der Waals surface area contributed by atoms with Crippen molar-refractivity contribution < 1.29 is 14.6 Å². The number of hydrogen-bond acceptors (Lipinski definition) is 8. The maximum absolute atomic E-state index is 11.1. The van der Waals surface area contributed by atoms with Crippen molar-refractivity contribution in [2.45, 2.75) is 45.8 Å². The number of halogens is 2. The highest BCUT2D eigenvalue weighted by atomic mass is 35.5. The van der Waals surface area contributed by atoms with Crippen LogP contribution in [0.5, 0.6) is 11.6 Å². The molecule has 0 spiro atoms. The molecule has 0 atom stereocenters. The molecule has 5 heterocycles. The van der Waals surface area contributed by atoms with Crippen molar-refractivity contribution in [1.29, 1.82) is 0 Å². The van der Waals surface area contributed by atoms with Gasteiger partial charge in [-0.15, -0.1) is 0 Å². The molecule has 0 aliphatic carbocycles. The second-order valence-electron chi connectivity index (χ2n) is 10.9. The molecule has 0 bridgehead atoms. The van der Waals surface area contributed by atoms with Crippen LogP contribution in [-0.4, -0.2) is 60.1 Å². The van der Waals surface area contributed by atoms with Gasteiger partial charge < -0.3 is 19.3 Å². The van der Waals surface area contributed by atoms with E-state index in [0.717, 1.165) is 61.7 Å². The minimum Gasteiger partial charge on any atom is -0.481 e. The second kappa shape index (κ2) is 12.2. The van der Waals surface area contributed by atoms with Gasteiger partial charge in [0, 0.05) is 47.7 Å². The lowest BCUT2D eigenvalue weighted by Gasteiger charge is -2.31. The van der Waals surface area contributed by atoms with Crippen LogP contribution in [0.15, 0.2) is 48.9 Å². The molecule has 3 aromatic heterocycles. The Morgan fingerprint density at radius 2 is 1.71 bits per heavy atom. The predicted octanol–water partition coefficient (Wildman–Crippen LogP) is 5.85. The molecule has 0 amide bonds. The topological polar surface area (TPSA) is 110 Å².